The quantitative estimate of drug-likeness (QED) is 0.560. The van der Waals surface area contributed by atoms with E-state index in [1.807, 2.05) is 20.8 Å². The van der Waals surface area contributed by atoms with Crippen LogP contribution < -0.4 is 10.6 Å². The monoisotopic (exact) mass is 424 g/mol. The molecule has 0 saturated carbocycles. The SMILES string of the molecule is CC(C)(C)c1cc(NC(=O)CCNC(=O)/C=C/c2ccco2)n(-c2ccc(F)cc2)n1. The number of anilines is 1. The predicted molar refractivity (Wildman–Crippen MR) is 116 cm³/mol. The zero-order valence-corrected chi connectivity index (χ0v) is 17.7. The topological polar surface area (TPSA) is 89.2 Å². The lowest BCUT2D eigenvalue weighted by molar-refractivity contribution is -0.117. The van der Waals surface area contributed by atoms with Crippen LogP contribution in [0.5, 0.6) is 0 Å². The van der Waals surface area contributed by atoms with Crippen LogP contribution in [0.2, 0.25) is 0 Å². The minimum absolute atomic E-state index is 0.0831. The van der Waals surface area contributed by atoms with Gasteiger partial charge in [0.25, 0.3) is 0 Å². The van der Waals surface area contributed by atoms with Gasteiger partial charge >= 0.3 is 0 Å². The third-order valence-corrected chi connectivity index (χ3v) is 4.41. The molecule has 0 aliphatic rings. The second-order valence-corrected chi connectivity index (χ2v) is 7.99. The summed E-state index contributed by atoms with van der Waals surface area (Å²) >= 11 is 0. The van der Waals surface area contributed by atoms with E-state index in [9.17, 15) is 14.0 Å². The first-order chi connectivity index (χ1) is 14.7. The fourth-order valence-electron chi connectivity index (χ4n) is 2.72. The lowest BCUT2D eigenvalue weighted by Gasteiger charge is -2.14. The van der Waals surface area contributed by atoms with Crippen molar-refractivity contribution >= 4 is 23.7 Å². The lowest BCUT2D eigenvalue weighted by atomic mass is 9.92. The summed E-state index contributed by atoms with van der Waals surface area (Å²) in [6.07, 6.45) is 4.49. The number of hydrogen-bond donors (Lipinski definition) is 2. The first-order valence-electron chi connectivity index (χ1n) is 9.88. The van der Waals surface area contributed by atoms with Gasteiger partial charge in [-0.25, -0.2) is 9.07 Å². The summed E-state index contributed by atoms with van der Waals surface area (Å²) in [6.45, 7) is 6.22. The summed E-state index contributed by atoms with van der Waals surface area (Å²) in [5.41, 5.74) is 1.17. The fraction of sp³-hybridized carbons (Fsp3) is 0.261. The van der Waals surface area contributed by atoms with Gasteiger partial charge in [0.15, 0.2) is 0 Å². The number of hydrogen-bond acceptors (Lipinski definition) is 4. The van der Waals surface area contributed by atoms with E-state index >= 15 is 0 Å². The molecule has 31 heavy (non-hydrogen) atoms. The molecule has 0 radical (unpaired) electrons. The van der Waals surface area contributed by atoms with Gasteiger partial charge in [-0.3, -0.25) is 9.59 Å². The molecule has 3 aromatic rings. The summed E-state index contributed by atoms with van der Waals surface area (Å²) in [5.74, 6) is 0.0890. The number of halogens is 1. The average molecular weight is 424 g/mol. The van der Waals surface area contributed by atoms with E-state index in [1.165, 1.54) is 24.5 Å². The Labute approximate surface area is 179 Å². The van der Waals surface area contributed by atoms with Crippen LogP contribution in [-0.4, -0.2) is 28.1 Å². The molecule has 0 bridgehead atoms. The number of nitrogens with zero attached hydrogens (tertiary/aromatic N) is 2. The van der Waals surface area contributed by atoms with Crippen LogP contribution in [0.25, 0.3) is 11.8 Å². The maximum atomic E-state index is 13.3. The molecule has 0 unspecified atom stereocenters. The molecule has 2 N–H and O–H groups in total. The zero-order valence-electron chi connectivity index (χ0n) is 17.7. The molecule has 0 atom stereocenters. The Hall–Kier alpha value is -3.68. The first-order valence-corrected chi connectivity index (χ1v) is 9.88. The second kappa shape index (κ2) is 9.42. The van der Waals surface area contributed by atoms with Gasteiger partial charge in [-0.15, -0.1) is 0 Å². The van der Waals surface area contributed by atoms with Crippen LogP contribution in [0.1, 0.15) is 38.6 Å². The van der Waals surface area contributed by atoms with Crippen molar-refractivity contribution < 1.29 is 18.4 Å². The van der Waals surface area contributed by atoms with Gasteiger partial charge in [-0.05, 0) is 42.5 Å². The summed E-state index contributed by atoms with van der Waals surface area (Å²) in [5, 5.41) is 10.1. The Morgan fingerprint density at radius 1 is 1.19 bits per heavy atom. The minimum atomic E-state index is -0.352. The van der Waals surface area contributed by atoms with Gasteiger partial charge in [0.05, 0.1) is 17.6 Å². The molecule has 0 spiro atoms. The number of rotatable bonds is 7. The maximum Gasteiger partial charge on any atom is 0.244 e. The second-order valence-electron chi connectivity index (χ2n) is 7.99. The van der Waals surface area contributed by atoms with Gasteiger partial charge < -0.3 is 15.1 Å². The van der Waals surface area contributed by atoms with Crippen molar-refractivity contribution in [2.24, 2.45) is 0 Å². The molecule has 8 heteroatoms. The van der Waals surface area contributed by atoms with E-state index in [0.29, 0.717) is 17.3 Å². The number of aromatic nitrogens is 2. The number of furan rings is 1. The molecule has 2 aromatic heterocycles. The Bertz CT molecular complexity index is 1060. The van der Waals surface area contributed by atoms with Crippen LogP contribution in [0, 0.1) is 5.82 Å². The summed E-state index contributed by atoms with van der Waals surface area (Å²) in [6, 6.07) is 11.1. The Balaban J connectivity index is 1.62. The Kier molecular flexibility index (Phi) is 6.69. The third-order valence-electron chi connectivity index (χ3n) is 4.41. The summed E-state index contributed by atoms with van der Waals surface area (Å²) < 4.78 is 20.0. The summed E-state index contributed by atoms with van der Waals surface area (Å²) in [4.78, 5) is 24.3. The molecule has 2 amide bonds. The molecule has 0 aliphatic heterocycles. The van der Waals surface area contributed by atoms with Gasteiger partial charge in [-0.1, -0.05) is 20.8 Å². The van der Waals surface area contributed by atoms with Crippen molar-refractivity contribution in [3.05, 3.63) is 72.1 Å². The molecule has 0 saturated heterocycles. The Morgan fingerprint density at radius 3 is 2.58 bits per heavy atom. The van der Waals surface area contributed by atoms with Crippen molar-refractivity contribution in [3.8, 4) is 5.69 Å². The maximum absolute atomic E-state index is 13.3. The predicted octanol–water partition coefficient (Wildman–Crippen LogP) is 4.06. The van der Waals surface area contributed by atoms with Crippen LogP contribution in [0.15, 0.2) is 59.2 Å². The molecule has 2 heterocycles. The highest BCUT2D eigenvalue weighted by atomic mass is 19.1. The van der Waals surface area contributed by atoms with Gasteiger partial charge in [0, 0.05) is 30.5 Å². The zero-order chi connectivity index (χ0) is 22.4. The Morgan fingerprint density at radius 2 is 1.94 bits per heavy atom. The standard InChI is InChI=1S/C23H25FN4O3/c1-23(2,3)19-15-20(28(27-19)17-8-6-16(24)7-9-17)26-22(30)12-13-25-21(29)11-10-18-5-4-14-31-18/h4-11,14-15H,12-13H2,1-3H3,(H,25,29)(H,26,30)/b11-10+. The van der Waals surface area contributed by atoms with Gasteiger partial charge in [0.1, 0.15) is 17.4 Å². The fourth-order valence-corrected chi connectivity index (χ4v) is 2.72. The number of benzene rings is 1. The van der Waals surface area contributed by atoms with E-state index in [-0.39, 0.29) is 36.0 Å². The van der Waals surface area contributed by atoms with Crippen molar-refractivity contribution in [3.63, 3.8) is 0 Å². The van der Waals surface area contributed by atoms with Crippen LogP contribution in [0.4, 0.5) is 10.2 Å². The number of carbonyl (C=O) groups is 2. The molecular weight excluding hydrogens is 399 g/mol. The largest absolute Gasteiger partial charge is 0.465 e. The number of nitrogens with one attached hydrogen (secondary N) is 2. The molecule has 1 aromatic carbocycles. The smallest absolute Gasteiger partial charge is 0.244 e. The van der Waals surface area contributed by atoms with E-state index in [2.05, 4.69) is 15.7 Å². The molecule has 0 aliphatic carbocycles. The van der Waals surface area contributed by atoms with E-state index in [1.54, 1.807) is 41.1 Å². The van der Waals surface area contributed by atoms with Crippen LogP contribution in [0.3, 0.4) is 0 Å². The highest BCUT2D eigenvalue weighted by Gasteiger charge is 2.21. The van der Waals surface area contributed by atoms with Crippen molar-refractivity contribution in [1.29, 1.82) is 0 Å². The highest BCUT2D eigenvalue weighted by molar-refractivity contribution is 5.93. The number of carbonyl (C=O) groups excluding carboxylic acids is 2. The van der Waals surface area contributed by atoms with E-state index in [4.69, 9.17) is 4.42 Å². The van der Waals surface area contributed by atoms with Crippen molar-refractivity contribution in [2.75, 3.05) is 11.9 Å². The third kappa shape index (κ3) is 6.15. The highest BCUT2D eigenvalue weighted by Crippen LogP contribution is 2.26. The van der Waals surface area contributed by atoms with E-state index in [0.717, 1.165) is 5.69 Å². The normalized spacial score (nSPS) is 11.6. The molecular formula is C23H25FN4O3. The van der Waals surface area contributed by atoms with Crippen molar-refractivity contribution in [1.82, 2.24) is 15.1 Å². The first kappa shape index (κ1) is 22.0. The number of amides is 2. The van der Waals surface area contributed by atoms with Gasteiger partial charge in [-0.2, -0.15) is 5.10 Å². The van der Waals surface area contributed by atoms with Crippen LogP contribution in [-0.2, 0) is 15.0 Å². The molecule has 7 nitrogen and oxygen atoms in total. The van der Waals surface area contributed by atoms with Gasteiger partial charge in [0.2, 0.25) is 11.8 Å². The van der Waals surface area contributed by atoms with Crippen molar-refractivity contribution in [2.45, 2.75) is 32.6 Å². The minimum Gasteiger partial charge on any atom is -0.465 e. The average Bonchev–Trinajstić information content (AvgIpc) is 3.37. The molecule has 3 rings (SSSR count). The molecule has 162 valence electrons. The van der Waals surface area contributed by atoms with E-state index < -0.39 is 0 Å². The summed E-state index contributed by atoms with van der Waals surface area (Å²) in [7, 11) is 0. The van der Waals surface area contributed by atoms with Crippen LogP contribution >= 0.6 is 0 Å². The molecule has 0 fully saturated rings. The lowest BCUT2D eigenvalue weighted by Crippen LogP contribution is -2.26.